The van der Waals surface area contributed by atoms with Gasteiger partial charge in [-0.2, -0.15) is 0 Å². The van der Waals surface area contributed by atoms with Crippen LogP contribution in [0.25, 0.3) is 0 Å². The maximum atomic E-state index is 12.8. The third-order valence-corrected chi connectivity index (χ3v) is 3.60. The van der Waals surface area contributed by atoms with Crippen molar-refractivity contribution in [3.05, 3.63) is 48.0 Å². The second-order valence-electron chi connectivity index (χ2n) is 5.45. The topological polar surface area (TPSA) is 67.4 Å². The van der Waals surface area contributed by atoms with Gasteiger partial charge in [-0.1, -0.05) is 17.7 Å². The number of halogens is 1. The van der Waals surface area contributed by atoms with Gasteiger partial charge in [0.15, 0.2) is 5.82 Å². The number of nitrogens with one attached hydrogen (secondary N) is 1. The van der Waals surface area contributed by atoms with E-state index in [1.165, 1.54) is 0 Å². The van der Waals surface area contributed by atoms with E-state index in [9.17, 15) is 9.18 Å². The Morgan fingerprint density at radius 3 is 2.70 bits per heavy atom. The largest absolute Gasteiger partial charge is 0.458 e. The van der Waals surface area contributed by atoms with Gasteiger partial charge in [-0.25, -0.2) is 19.2 Å². The Morgan fingerprint density at radius 2 is 2.00 bits per heavy atom. The van der Waals surface area contributed by atoms with Crippen LogP contribution in [0.4, 0.5) is 14.9 Å². The van der Waals surface area contributed by atoms with Gasteiger partial charge >= 0.3 is 12.0 Å². The van der Waals surface area contributed by atoms with E-state index in [-0.39, 0.29) is 18.1 Å². The first-order valence-electron chi connectivity index (χ1n) is 7.37. The zero-order chi connectivity index (χ0) is 16.2. The summed E-state index contributed by atoms with van der Waals surface area (Å²) < 4.78 is 18.3. The highest BCUT2D eigenvalue weighted by Crippen LogP contribution is 2.17. The van der Waals surface area contributed by atoms with Gasteiger partial charge in [-0.15, -0.1) is 0 Å². The Morgan fingerprint density at radius 1 is 1.30 bits per heavy atom. The molecule has 0 radical (unpaired) electrons. The van der Waals surface area contributed by atoms with Crippen molar-refractivity contribution in [1.82, 2.24) is 14.9 Å². The van der Waals surface area contributed by atoms with Crippen molar-refractivity contribution in [2.45, 2.75) is 19.4 Å². The van der Waals surface area contributed by atoms with E-state index in [2.05, 4.69) is 15.3 Å². The zero-order valence-electron chi connectivity index (χ0n) is 12.7. The second-order valence-corrected chi connectivity index (χ2v) is 5.45. The Bertz CT molecular complexity index is 675. The Balaban J connectivity index is 1.53. The van der Waals surface area contributed by atoms with Crippen molar-refractivity contribution < 1.29 is 13.9 Å². The molecule has 1 atom stereocenters. The number of likely N-dealkylation sites (tertiary alicyclic amines) is 1. The fourth-order valence-corrected chi connectivity index (χ4v) is 2.36. The van der Waals surface area contributed by atoms with Crippen molar-refractivity contribution in [1.29, 1.82) is 0 Å². The van der Waals surface area contributed by atoms with Gasteiger partial charge in [0.05, 0.1) is 18.9 Å². The number of amides is 2. The van der Waals surface area contributed by atoms with Gasteiger partial charge in [0.2, 0.25) is 0 Å². The first-order chi connectivity index (χ1) is 11.1. The monoisotopic (exact) mass is 316 g/mol. The fraction of sp³-hybridized carbons (Fsp3) is 0.312. The molecule has 23 heavy (non-hydrogen) atoms. The molecule has 1 saturated heterocycles. The number of aryl methyl sites for hydroxylation is 1. The first kappa shape index (κ1) is 15.2. The molecule has 0 bridgehead atoms. The number of carbonyl (C=O) groups is 1. The van der Waals surface area contributed by atoms with Crippen molar-refractivity contribution in [2.24, 2.45) is 0 Å². The summed E-state index contributed by atoms with van der Waals surface area (Å²) in [6.45, 7) is 3.02. The third-order valence-electron chi connectivity index (χ3n) is 3.60. The molecule has 1 aromatic heterocycles. The molecule has 2 aromatic rings. The molecule has 0 aliphatic carbocycles. The van der Waals surface area contributed by atoms with E-state index >= 15 is 0 Å². The SMILES string of the molecule is Cc1ccc(NC(=O)N2CC[C@H](Oc3ncc(F)cn3)C2)cc1. The minimum absolute atomic E-state index is 0.122. The van der Waals surface area contributed by atoms with Crippen LogP contribution in [0.15, 0.2) is 36.7 Å². The van der Waals surface area contributed by atoms with Crippen molar-refractivity contribution >= 4 is 11.7 Å². The normalized spacial score (nSPS) is 17.1. The summed E-state index contributed by atoms with van der Waals surface area (Å²) in [4.78, 5) is 21.4. The smallest absolute Gasteiger partial charge is 0.321 e. The van der Waals surface area contributed by atoms with Crippen LogP contribution in [0.5, 0.6) is 6.01 Å². The Hall–Kier alpha value is -2.70. The molecule has 3 rings (SSSR count). The lowest BCUT2D eigenvalue weighted by atomic mass is 10.2. The van der Waals surface area contributed by atoms with E-state index in [0.717, 1.165) is 23.6 Å². The summed E-state index contributed by atoms with van der Waals surface area (Å²) in [6.07, 6.45) is 2.60. The lowest BCUT2D eigenvalue weighted by Crippen LogP contribution is -2.34. The van der Waals surface area contributed by atoms with E-state index in [1.807, 2.05) is 31.2 Å². The summed E-state index contributed by atoms with van der Waals surface area (Å²) in [5, 5.41) is 2.85. The molecule has 1 aliphatic rings. The molecule has 7 heteroatoms. The average molecular weight is 316 g/mol. The Labute approximate surface area is 133 Å². The predicted molar refractivity (Wildman–Crippen MR) is 82.8 cm³/mol. The number of hydrogen-bond donors (Lipinski definition) is 1. The summed E-state index contributed by atoms with van der Waals surface area (Å²) in [7, 11) is 0. The van der Waals surface area contributed by atoms with Gasteiger partial charge < -0.3 is 15.0 Å². The number of benzene rings is 1. The maximum Gasteiger partial charge on any atom is 0.321 e. The molecule has 1 aliphatic heterocycles. The lowest BCUT2D eigenvalue weighted by Gasteiger charge is -2.17. The molecule has 0 unspecified atom stereocenters. The second kappa shape index (κ2) is 6.60. The molecule has 1 N–H and O–H groups in total. The van der Waals surface area contributed by atoms with Crippen molar-refractivity contribution in [3.8, 4) is 6.01 Å². The van der Waals surface area contributed by atoms with Gasteiger partial charge in [0, 0.05) is 18.7 Å². The number of nitrogens with zero attached hydrogens (tertiary/aromatic N) is 3. The highest BCUT2D eigenvalue weighted by molar-refractivity contribution is 5.89. The molecular formula is C16H17FN4O2. The van der Waals surface area contributed by atoms with E-state index in [0.29, 0.717) is 19.5 Å². The average Bonchev–Trinajstić information content (AvgIpc) is 3.00. The van der Waals surface area contributed by atoms with Crippen LogP contribution >= 0.6 is 0 Å². The summed E-state index contributed by atoms with van der Waals surface area (Å²) in [6, 6.07) is 7.57. The molecule has 0 spiro atoms. The number of carbonyl (C=O) groups excluding carboxylic acids is 1. The molecule has 6 nitrogen and oxygen atoms in total. The third kappa shape index (κ3) is 3.94. The van der Waals surface area contributed by atoms with Gasteiger partial charge in [0.25, 0.3) is 0 Å². The molecule has 2 amide bonds. The standard InChI is InChI=1S/C16H17FN4O2/c1-11-2-4-13(5-3-11)20-16(22)21-7-6-14(10-21)23-15-18-8-12(17)9-19-15/h2-5,8-9,14H,6-7,10H2,1H3,(H,20,22)/t14-/m0/s1. The molecule has 120 valence electrons. The van der Waals surface area contributed by atoms with Crippen LogP contribution in [0.1, 0.15) is 12.0 Å². The Kier molecular flexibility index (Phi) is 4.36. The minimum atomic E-state index is -0.511. The number of anilines is 1. The maximum absolute atomic E-state index is 12.8. The van der Waals surface area contributed by atoms with Crippen LogP contribution < -0.4 is 10.1 Å². The summed E-state index contributed by atoms with van der Waals surface area (Å²) in [5.74, 6) is -0.511. The zero-order valence-corrected chi connectivity index (χ0v) is 12.7. The van der Waals surface area contributed by atoms with Crippen LogP contribution in [0.3, 0.4) is 0 Å². The first-order valence-corrected chi connectivity index (χ1v) is 7.37. The number of rotatable bonds is 3. The van der Waals surface area contributed by atoms with Crippen LogP contribution in [0.2, 0.25) is 0 Å². The highest BCUT2D eigenvalue weighted by Gasteiger charge is 2.28. The number of hydrogen-bond acceptors (Lipinski definition) is 4. The quantitative estimate of drug-likeness (QED) is 0.945. The molecule has 2 heterocycles. The van der Waals surface area contributed by atoms with E-state index in [1.54, 1.807) is 4.90 Å². The van der Waals surface area contributed by atoms with Crippen LogP contribution in [-0.4, -0.2) is 40.1 Å². The predicted octanol–water partition coefficient (Wildman–Crippen LogP) is 2.61. The fourth-order valence-electron chi connectivity index (χ4n) is 2.36. The minimum Gasteiger partial charge on any atom is -0.458 e. The number of ether oxygens (including phenoxy) is 1. The van der Waals surface area contributed by atoms with Gasteiger partial charge in [-0.3, -0.25) is 0 Å². The van der Waals surface area contributed by atoms with Gasteiger partial charge in [-0.05, 0) is 19.1 Å². The number of aromatic nitrogens is 2. The number of urea groups is 1. The molecule has 1 fully saturated rings. The van der Waals surface area contributed by atoms with Crippen molar-refractivity contribution in [3.63, 3.8) is 0 Å². The summed E-state index contributed by atoms with van der Waals surface area (Å²) >= 11 is 0. The van der Waals surface area contributed by atoms with E-state index in [4.69, 9.17) is 4.74 Å². The molecular weight excluding hydrogens is 299 g/mol. The van der Waals surface area contributed by atoms with Crippen molar-refractivity contribution in [2.75, 3.05) is 18.4 Å². The van der Waals surface area contributed by atoms with Crippen LogP contribution in [-0.2, 0) is 0 Å². The van der Waals surface area contributed by atoms with Crippen LogP contribution in [0, 0.1) is 12.7 Å². The van der Waals surface area contributed by atoms with Gasteiger partial charge in [0.1, 0.15) is 6.10 Å². The lowest BCUT2D eigenvalue weighted by molar-refractivity contribution is 0.183. The summed E-state index contributed by atoms with van der Waals surface area (Å²) in [5.41, 5.74) is 1.89. The molecule has 0 saturated carbocycles. The molecule has 1 aromatic carbocycles. The van der Waals surface area contributed by atoms with E-state index < -0.39 is 5.82 Å². The highest BCUT2D eigenvalue weighted by atomic mass is 19.1.